The first kappa shape index (κ1) is 9.60. The first-order chi connectivity index (χ1) is 7.77. The molecular formula is C13H14N2O. The van der Waals surface area contributed by atoms with E-state index in [-0.39, 0.29) is 0 Å². The highest BCUT2D eigenvalue weighted by Crippen LogP contribution is 2.39. The number of rotatable bonds is 3. The summed E-state index contributed by atoms with van der Waals surface area (Å²) >= 11 is 0. The van der Waals surface area contributed by atoms with Gasteiger partial charge in [0.2, 0.25) is 0 Å². The second-order valence-electron chi connectivity index (χ2n) is 4.50. The van der Waals surface area contributed by atoms with Gasteiger partial charge in [0.05, 0.1) is 5.60 Å². The molecule has 0 aliphatic heterocycles. The number of nitrogens with one attached hydrogen (secondary N) is 1. The van der Waals surface area contributed by atoms with Gasteiger partial charge in [-0.15, -0.1) is 0 Å². The molecule has 1 aromatic carbocycles. The van der Waals surface area contributed by atoms with Crippen molar-refractivity contribution in [1.29, 1.82) is 0 Å². The molecule has 0 unspecified atom stereocenters. The fourth-order valence-electron chi connectivity index (χ4n) is 1.99. The Morgan fingerprint density at radius 3 is 2.81 bits per heavy atom. The predicted octanol–water partition coefficient (Wildman–Crippen LogP) is 2.14. The van der Waals surface area contributed by atoms with Crippen molar-refractivity contribution in [2.45, 2.75) is 24.9 Å². The highest BCUT2D eigenvalue weighted by Gasteiger charge is 2.40. The summed E-state index contributed by atoms with van der Waals surface area (Å²) in [5, 5.41) is 9.97. The molecule has 2 N–H and O–H groups in total. The molecule has 1 aliphatic rings. The monoisotopic (exact) mass is 214 g/mol. The van der Waals surface area contributed by atoms with E-state index in [9.17, 15) is 5.11 Å². The number of hydrogen-bond acceptors (Lipinski definition) is 2. The SMILES string of the molecule is OC1(Cc2ccccc2-c2ncc[nH]2)CC1. The van der Waals surface area contributed by atoms with E-state index in [1.807, 2.05) is 24.4 Å². The van der Waals surface area contributed by atoms with Gasteiger partial charge < -0.3 is 10.1 Å². The lowest BCUT2D eigenvalue weighted by atomic mass is 10.00. The summed E-state index contributed by atoms with van der Waals surface area (Å²) in [6.07, 6.45) is 6.12. The predicted molar refractivity (Wildman–Crippen MR) is 61.9 cm³/mol. The molecular weight excluding hydrogens is 200 g/mol. The normalized spacial score (nSPS) is 17.3. The average molecular weight is 214 g/mol. The van der Waals surface area contributed by atoms with E-state index < -0.39 is 5.60 Å². The minimum Gasteiger partial charge on any atom is -0.390 e. The van der Waals surface area contributed by atoms with E-state index >= 15 is 0 Å². The van der Waals surface area contributed by atoms with E-state index in [4.69, 9.17) is 0 Å². The molecule has 1 aromatic heterocycles. The molecule has 1 aliphatic carbocycles. The number of H-pyrrole nitrogens is 1. The number of benzene rings is 1. The molecule has 0 saturated heterocycles. The van der Waals surface area contributed by atoms with Crippen LogP contribution in [-0.2, 0) is 6.42 Å². The van der Waals surface area contributed by atoms with E-state index in [0.29, 0.717) is 0 Å². The fraction of sp³-hybridized carbons (Fsp3) is 0.308. The van der Waals surface area contributed by atoms with E-state index in [0.717, 1.165) is 36.2 Å². The van der Waals surface area contributed by atoms with Gasteiger partial charge in [0.25, 0.3) is 0 Å². The fourth-order valence-corrected chi connectivity index (χ4v) is 1.99. The topological polar surface area (TPSA) is 48.9 Å². The minimum absolute atomic E-state index is 0.456. The van der Waals surface area contributed by atoms with Crippen molar-refractivity contribution in [2.24, 2.45) is 0 Å². The molecule has 1 heterocycles. The number of imidazole rings is 1. The summed E-state index contributed by atoms with van der Waals surface area (Å²) in [4.78, 5) is 7.37. The smallest absolute Gasteiger partial charge is 0.137 e. The van der Waals surface area contributed by atoms with Crippen LogP contribution in [-0.4, -0.2) is 20.7 Å². The van der Waals surface area contributed by atoms with Crippen molar-refractivity contribution in [3.8, 4) is 11.4 Å². The van der Waals surface area contributed by atoms with Gasteiger partial charge in [-0.1, -0.05) is 24.3 Å². The summed E-state index contributed by atoms with van der Waals surface area (Å²) in [6.45, 7) is 0. The molecule has 0 spiro atoms. The lowest BCUT2D eigenvalue weighted by Crippen LogP contribution is -2.11. The lowest BCUT2D eigenvalue weighted by molar-refractivity contribution is 0.151. The quantitative estimate of drug-likeness (QED) is 0.822. The molecule has 16 heavy (non-hydrogen) atoms. The van der Waals surface area contributed by atoms with Gasteiger partial charge in [-0.3, -0.25) is 0 Å². The van der Waals surface area contributed by atoms with Crippen molar-refractivity contribution in [3.05, 3.63) is 42.2 Å². The second-order valence-corrected chi connectivity index (χ2v) is 4.50. The van der Waals surface area contributed by atoms with Gasteiger partial charge in [0, 0.05) is 24.4 Å². The van der Waals surface area contributed by atoms with Gasteiger partial charge in [-0.25, -0.2) is 4.98 Å². The Bertz CT molecular complexity index is 486. The van der Waals surface area contributed by atoms with Crippen LogP contribution in [0.15, 0.2) is 36.7 Å². The molecule has 0 radical (unpaired) electrons. The van der Waals surface area contributed by atoms with Gasteiger partial charge in [0.1, 0.15) is 5.82 Å². The first-order valence-electron chi connectivity index (χ1n) is 5.57. The van der Waals surface area contributed by atoms with Crippen LogP contribution in [0.2, 0.25) is 0 Å². The van der Waals surface area contributed by atoms with Gasteiger partial charge in [-0.2, -0.15) is 0 Å². The third kappa shape index (κ3) is 1.74. The summed E-state index contributed by atoms with van der Waals surface area (Å²) in [7, 11) is 0. The van der Waals surface area contributed by atoms with Gasteiger partial charge in [-0.05, 0) is 18.4 Å². The van der Waals surface area contributed by atoms with Crippen LogP contribution in [0, 0.1) is 0 Å². The first-order valence-corrected chi connectivity index (χ1v) is 5.57. The zero-order valence-corrected chi connectivity index (χ0v) is 8.98. The molecule has 0 atom stereocenters. The van der Waals surface area contributed by atoms with Crippen molar-refractivity contribution < 1.29 is 5.11 Å². The molecule has 0 amide bonds. The maximum absolute atomic E-state index is 9.97. The third-order valence-corrected chi connectivity index (χ3v) is 3.12. The Kier molecular flexibility index (Phi) is 2.07. The van der Waals surface area contributed by atoms with Crippen LogP contribution < -0.4 is 0 Å². The van der Waals surface area contributed by atoms with Gasteiger partial charge in [0.15, 0.2) is 0 Å². The molecule has 2 aromatic rings. The molecule has 82 valence electrons. The number of nitrogens with zero attached hydrogens (tertiary/aromatic N) is 1. The van der Waals surface area contributed by atoms with Crippen LogP contribution in [0.5, 0.6) is 0 Å². The van der Waals surface area contributed by atoms with E-state index in [2.05, 4.69) is 16.0 Å². The number of aliphatic hydroxyl groups is 1. The number of aromatic nitrogens is 2. The summed E-state index contributed by atoms with van der Waals surface area (Å²) in [5.41, 5.74) is 1.80. The van der Waals surface area contributed by atoms with Gasteiger partial charge >= 0.3 is 0 Å². The molecule has 3 rings (SSSR count). The van der Waals surface area contributed by atoms with Crippen LogP contribution in [0.4, 0.5) is 0 Å². The van der Waals surface area contributed by atoms with Crippen molar-refractivity contribution in [1.82, 2.24) is 9.97 Å². The van der Waals surface area contributed by atoms with Crippen molar-refractivity contribution in [2.75, 3.05) is 0 Å². The summed E-state index contributed by atoms with van der Waals surface area (Å²) < 4.78 is 0. The Morgan fingerprint density at radius 1 is 1.31 bits per heavy atom. The standard InChI is InChI=1S/C13H14N2O/c16-13(5-6-13)9-10-3-1-2-4-11(10)12-14-7-8-15-12/h1-4,7-8,16H,5-6,9H2,(H,14,15). The lowest BCUT2D eigenvalue weighted by Gasteiger charge is -2.11. The maximum atomic E-state index is 9.97. The van der Waals surface area contributed by atoms with Crippen LogP contribution in [0.1, 0.15) is 18.4 Å². The Labute approximate surface area is 94.2 Å². The third-order valence-electron chi connectivity index (χ3n) is 3.12. The van der Waals surface area contributed by atoms with E-state index in [1.165, 1.54) is 0 Å². The summed E-state index contributed by atoms with van der Waals surface area (Å²) in [5.74, 6) is 0.875. The van der Waals surface area contributed by atoms with Crippen LogP contribution in [0.3, 0.4) is 0 Å². The number of hydrogen-bond donors (Lipinski definition) is 2. The molecule has 3 nitrogen and oxygen atoms in total. The highest BCUT2D eigenvalue weighted by molar-refractivity contribution is 5.60. The zero-order chi connectivity index (χ0) is 11.0. The molecule has 1 saturated carbocycles. The van der Waals surface area contributed by atoms with Crippen LogP contribution >= 0.6 is 0 Å². The van der Waals surface area contributed by atoms with Crippen molar-refractivity contribution >= 4 is 0 Å². The molecule has 0 bridgehead atoms. The van der Waals surface area contributed by atoms with Crippen molar-refractivity contribution in [3.63, 3.8) is 0 Å². The van der Waals surface area contributed by atoms with Crippen LogP contribution in [0.25, 0.3) is 11.4 Å². The Hall–Kier alpha value is -1.61. The zero-order valence-electron chi connectivity index (χ0n) is 8.98. The largest absolute Gasteiger partial charge is 0.390 e. The molecule has 3 heteroatoms. The average Bonchev–Trinajstić information content (AvgIpc) is 2.83. The Morgan fingerprint density at radius 2 is 2.12 bits per heavy atom. The van der Waals surface area contributed by atoms with E-state index in [1.54, 1.807) is 6.20 Å². The second kappa shape index (κ2) is 3.46. The Balaban J connectivity index is 1.98. The summed E-state index contributed by atoms with van der Waals surface area (Å²) in [6, 6.07) is 8.11. The highest BCUT2D eigenvalue weighted by atomic mass is 16.3. The number of aromatic amines is 1. The minimum atomic E-state index is -0.456. The maximum Gasteiger partial charge on any atom is 0.137 e. The molecule has 1 fully saturated rings.